The van der Waals surface area contributed by atoms with Crippen LogP contribution in [0.2, 0.25) is 0 Å². The number of hydrogen-bond acceptors (Lipinski definition) is 6. The summed E-state index contributed by atoms with van der Waals surface area (Å²) in [6.07, 6.45) is 0. The minimum atomic E-state index is -0.242. The standard InChI is InChI=1S/C17H17N3O3S2/c1-4-20-11-7-12-13(23-6-5-22-12)8-14(11)25-17(20)19-16(21)15-9(2)18-10(3)24-15/h7-8H,4-6H2,1-3H3. The summed E-state index contributed by atoms with van der Waals surface area (Å²) >= 11 is 2.86. The van der Waals surface area contributed by atoms with Crippen LogP contribution < -0.4 is 14.3 Å². The van der Waals surface area contributed by atoms with Gasteiger partial charge in [-0.1, -0.05) is 11.3 Å². The van der Waals surface area contributed by atoms with Gasteiger partial charge >= 0.3 is 0 Å². The van der Waals surface area contributed by atoms with Gasteiger partial charge in [-0.15, -0.1) is 11.3 Å². The first-order valence-electron chi connectivity index (χ1n) is 8.03. The van der Waals surface area contributed by atoms with E-state index in [2.05, 4.69) is 9.98 Å². The number of aromatic nitrogens is 2. The van der Waals surface area contributed by atoms with Gasteiger partial charge in [0.1, 0.15) is 18.1 Å². The highest BCUT2D eigenvalue weighted by molar-refractivity contribution is 7.16. The number of aryl methyl sites for hydroxylation is 3. The van der Waals surface area contributed by atoms with Crippen molar-refractivity contribution >= 4 is 38.8 Å². The molecule has 0 saturated carbocycles. The zero-order valence-electron chi connectivity index (χ0n) is 14.2. The highest BCUT2D eigenvalue weighted by Crippen LogP contribution is 2.35. The molecular formula is C17H17N3O3S2. The number of ether oxygens (including phenoxy) is 2. The van der Waals surface area contributed by atoms with Gasteiger partial charge in [0.25, 0.3) is 5.91 Å². The van der Waals surface area contributed by atoms with Crippen LogP contribution in [0.5, 0.6) is 11.5 Å². The van der Waals surface area contributed by atoms with Gasteiger partial charge in [0, 0.05) is 18.7 Å². The third kappa shape index (κ3) is 2.85. The van der Waals surface area contributed by atoms with E-state index in [9.17, 15) is 4.79 Å². The van der Waals surface area contributed by atoms with E-state index in [4.69, 9.17) is 9.47 Å². The van der Waals surface area contributed by atoms with Gasteiger partial charge in [0.15, 0.2) is 16.3 Å². The second-order valence-electron chi connectivity index (χ2n) is 5.66. The summed E-state index contributed by atoms with van der Waals surface area (Å²) in [5.74, 6) is 1.25. The molecule has 0 fully saturated rings. The van der Waals surface area contributed by atoms with Gasteiger partial charge in [-0.2, -0.15) is 4.99 Å². The number of fused-ring (bicyclic) bond motifs is 2. The molecule has 0 aliphatic carbocycles. The first-order valence-corrected chi connectivity index (χ1v) is 9.66. The monoisotopic (exact) mass is 375 g/mol. The number of carbonyl (C=O) groups is 1. The molecule has 0 bridgehead atoms. The smallest absolute Gasteiger partial charge is 0.291 e. The molecule has 4 rings (SSSR count). The second-order valence-corrected chi connectivity index (χ2v) is 7.87. The molecule has 1 aliphatic rings. The molecule has 0 spiro atoms. The minimum absolute atomic E-state index is 0.242. The average Bonchev–Trinajstić information content (AvgIpc) is 3.10. The maximum atomic E-state index is 12.6. The first-order chi connectivity index (χ1) is 12.1. The lowest BCUT2D eigenvalue weighted by molar-refractivity contribution is 0.100. The lowest BCUT2D eigenvalue weighted by Crippen LogP contribution is -2.17. The molecule has 0 radical (unpaired) electrons. The van der Waals surface area contributed by atoms with Crippen LogP contribution in [0.4, 0.5) is 0 Å². The molecule has 0 saturated heterocycles. The molecule has 130 valence electrons. The molecule has 1 aromatic carbocycles. The number of rotatable bonds is 2. The zero-order valence-corrected chi connectivity index (χ0v) is 15.8. The van der Waals surface area contributed by atoms with Crippen molar-refractivity contribution in [2.45, 2.75) is 27.3 Å². The van der Waals surface area contributed by atoms with Crippen LogP contribution in [0.3, 0.4) is 0 Å². The Balaban J connectivity index is 1.86. The molecule has 1 aliphatic heterocycles. The van der Waals surface area contributed by atoms with Gasteiger partial charge in [-0.05, 0) is 20.8 Å². The Labute approximate surface area is 152 Å². The fourth-order valence-corrected chi connectivity index (χ4v) is 4.77. The Morgan fingerprint density at radius 1 is 1.24 bits per heavy atom. The van der Waals surface area contributed by atoms with Gasteiger partial charge < -0.3 is 14.0 Å². The van der Waals surface area contributed by atoms with E-state index in [0.717, 1.165) is 32.4 Å². The van der Waals surface area contributed by atoms with Crippen LogP contribution in [-0.4, -0.2) is 28.7 Å². The van der Waals surface area contributed by atoms with Gasteiger partial charge in [-0.25, -0.2) is 4.98 Å². The van der Waals surface area contributed by atoms with E-state index >= 15 is 0 Å². The maximum Gasteiger partial charge on any atom is 0.291 e. The van der Waals surface area contributed by atoms with Gasteiger partial charge in [0.05, 0.1) is 20.9 Å². The predicted molar refractivity (Wildman–Crippen MR) is 98.0 cm³/mol. The largest absolute Gasteiger partial charge is 0.486 e. The maximum absolute atomic E-state index is 12.6. The summed E-state index contributed by atoms with van der Waals surface area (Å²) in [6.45, 7) is 7.59. The summed E-state index contributed by atoms with van der Waals surface area (Å²) in [5, 5.41) is 0.873. The van der Waals surface area contributed by atoms with Crippen molar-refractivity contribution in [1.29, 1.82) is 0 Å². The van der Waals surface area contributed by atoms with Crippen molar-refractivity contribution in [3.63, 3.8) is 0 Å². The molecule has 3 aromatic rings. The van der Waals surface area contributed by atoms with Crippen LogP contribution in [0.1, 0.15) is 27.3 Å². The molecule has 0 atom stereocenters. The Morgan fingerprint density at radius 2 is 1.96 bits per heavy atom. The van der Waals surface area contributed by atoms with Crippen molar-refractivity contribution in [3.8, 4) is 11.5 Å². The van der Waals surface area contributed by atoms with Crippen molar-refractivity contribution in [2.24, 2.45) is 4.99 Å². The van der Waals surface area contributed by atoms with Crippen molar-refractivity contribution in [1.82, 2.24) is 9.55 Å². The number of hydrogen-bond donors (Lipinski definition) is 0. The first kappa shape index (κ1) is 16.3. The van der Waals surface area contributed by atoms with Gasteiger partial charge in [-0.3, -0.25) is 4.79 Å². The van der Waals surface area contributed by atoms with Crippen molar-refractivity contribution < 1.29 is 14.3 Å². The summed E-state index contributed by atoms with van der Waals surface area (Å²) < 4.78 is 14.4. The molecule has 8 heteroatoms. The van der Waals surface area contributed by atoms with E-state index in [0.29, 0.717) is 29.4 Å². The van der Waals surface area contributed by atoms with Crippen molar-refractivity contribution in [2.75, 3.05) is 13.2 Å². The Bertz CT molecular complexity index is 1050. The molecule has 2 aromatic heterocycles. The third-order valence-corrected chi connectivity index (χ3v) is 6.06. The van der Waals surface area contributed by atoms with Crippen LogP contribution in [0, 0.1) is 13.8 Å². The molecular weight excluding hydrogens is 358 g/mol. The van der Waals surface area contributed by atoms with Crippen LogP contribution in [-0.2, 0) is 6.54 Å². The number of benzene rings is 1. The highest BCUT2D eigenvalue weighted by atomic mass is 32.1. The third-order valence-electron chi connectivity index (χ3n) is 3.96. The number of nitrogens with zero attached hydrogens (tertiary/aromatic N) is 3. The molecule has 25 heavy (non-hydrogen) atoms. The fourth-order valence-electron chi connectivity index (χ4n) is 2.86. The van der Waals surface area contributed by atoms with E-state index < -0.39 is 0 Å². The van der Waals surface area contributed by atoms with Crippen LogP contribution >= 0.6 is 22.7 Å². The summed E-state index contributed by atoms with van der Waals surface area (Å²) in [6, 6.07) is 3.93. The lowest BCUT2D eigenvalue weighted by Gasteiger charge is -2.18. The Morgan fingerprint density at radius 3 is 2.60 bits per heavy atom. The van der Waals surface area contributed by atoms with Crippen LogP contribution in [0.25, 0.3) is 10.2 Å². The molecule has 1 amide bonds. The van der Waals surface area contributed by atoms with Gasteiger partial charge in [0.2, 0.25) is 0 Å². The lowest BCUT2D eigenvalue weighted by atomic mass is 10.2. The van der Waals surface area contributed by atoms with E-state index in [1.165, 1.54) is 22.7 Å². The van der Waals surface area contributed by atoms with E-state index in [-0.39, 0.29) is 5.91 Å². The Hall–Kier alpha value is -2.19. The van der Waals surface area contributed by atoms with E-state index in [1.54, 1.807) is 0 Å². The normalized spacial score (nSPS) is 14.3. The molecule has 6 nitrogen and oxygen atoms in total. The molecule has 0 unspecified atom stereocenters. The molecule has 3 heterocycles. The summed E-state index contributed by atoms with van der Waals surface area (Å²) in [5.41, 5.74) is 1.73. The number of thiazole rings is 2. The zero-order chi connectivity index (χ0) is 17.6. The average molecular weight is 375 g/mol. The summed E-state index contributed by atoms with van der Waals surface area (Å²) in [4.78, 5) is 22.6. The quantitative estimate of drug-likeness (QED) is 0.689. The minimum Gasteiger partial charge on any atom is -0.486 e. The predicted octanol–water partition coefficient (Wildman–Crippen LogP) is 3.31. The SMILES string of the molecule is CCn1c(=NC(=O)c2sc(C)nc2C)sc2cc3c(cc21)OCCO3. The topological polar surface area (TPSA) is 65.7 Å². The molecule has 0 N–H and O–H groups in total. The van der Waals surface area contributed by atoms with Crippen LogP contribution in [0.15, 0.2) is 17.1 Å². The number of amides is 1. The van der Waals surface area contributed by atoms with Crippen molar-refractivity contribution in [3.05, 3.63) is 32.5 Å². The highest BCUT2D eigenvalue weighted by Gasteiger charge is 2.17. The fraction of sp³-hybridized carbons (Fsp3) is 0.353. The summed E-state index contributed by atoms with van der Waals surface area (Å²) in [7, 11) is 0. The van der Waals surface area contributed by atoms with E-state index in [1.807, 2.05) is 37.5 Å². The second kappa shape index (κ2) is 6.27. The number of carbonyl (C=O) groups excluding carboxylic acids is 1. The Kier molecular flexibility index (Phi) is 4.09.